The lowest BCUT2D eigenvalue weighted by Crippen LogP contribution is -2.23. The number of esters is 1. The van der Waals surface area contributed by atoms with Gasteiger partial charge in [-0.25, -0.2) is 0 Å². The second kappa shape index (κ2) is 6.88. The van der Waals surface area contributed by atoms with Crippen molar-refractivity contribution in [2.75, 3.05) is 19.2 Å². The Bertz CT molecular complexity index is 805. The summed E-state index contributed by atoms with van der Waals surface area (Å²) in [5.74, 6) is 1.29. The van der Waals surface area contributed by atoms with Crippen molar-refractivity contribution in [2.24, 2.45) is 11.8 Å². The molecule has 2 aliphatic heterocycles. The molecule has 130 valence electrons. The lowest BCUT2D eigenvalue weighted by molar-refractivity contribution is -0.141. The number of hydrogen-bond acceptors (Lipinski definition) is 5. The van der Waals surface area contributed by atoms with E-state index < -0.39 is 10.8 Å². The SMILES string of the molecule is O=C1OC[C@@H](CS(=O)c2ccccc2)[C@@H]1Cc1ccc2c(c1)OCO2. The molecule has 6 heteroatoms. The number of rotatable bonds is 5. The average molecular weight is 358 g/mol. The van der Waals surface area contributed by atoms with Crippen LogP contribution in [0.15, 0.2) is 53.4 Å². The number of carbonyl (C=O) groups is 1. The summed E-state index contributed by atoms with van der Waals surface area (Å²) in [4.78, 5) is 12.9. The molecule has 4 rings (SSSR count). The lowest BCUT2D eigenvalue weighted by Gasteiger charge is -2.15. The number of hydrogen-bond donors (Lipinski definition) is 0. The van der Waals surface area contributed by atoms with E-state index >= 15 is 0 Å². The van der Waals surface area contributed by atoms with Crippen molar-refractivity contribution in [1.29, 1.82) is 0 Å². The molecule has 1 unspecified atom stereocenters. The predicted molar refractivity (Wildman–Crippen MR) is 91.9 cm³/mol. The molecule has 3 atom stereocenters. The van der Waals surface area contributed by atoms with Gasteiger partial charge in [-0.15, -0.1) is 0 Å². The molecule has 1 fully saturated rings. The van der Waals surface area contributed by atoms with Crippen LogP contribution in [0.5, 0.6) is 11.5 Å². The zero-order valence-electron chi connectivity index (χ0n) is 13.6. The molecule has 0 spiro atoms. The van der Waals surface area contributed by atoms with Crippen molar-refractivity contribution in [3.05, 3.63) is 54.1 Å². The smallest absolute Gasteiger partial charge is 0.309 e. The molecule has 0 aromatic heterocycles. The van der Waals surface area contributed by atoms with E-state index in [-0.39, 0.29) is 24.6 Å². The van der Waals surface area contributed by atoms with Gasteiger partial charge in [0.2, 0.25) is 6.79 Å². The highest BCUT2D eigenvalue weighted by molar-refractivity contribution is 7.85. The molecule has 25 heavy (non-hydrogen) atoms. The summed E-state index contributed by atoms with van der Waals surface area (Å²) in [6, 6.07) is 15.0. The van der Waals surface area contributed by atoms with Gasteiger partial charge in [0.05, 0.1) is 23.3 Å². The Balaban J connectivity index is 1.47. The summed E-state index contributed by atoms with van der Waals surface area (Å²) in [5, 5.41) is 0. The van der Waals surface area contributed by atoms with Gasteiger partial charge in [0.15, 0.2) is 11.5 Å². The van der Waals surface area contributed by atoms with Gasteiger partial charge in [0, 0.05) is 16.6 Å². The molecule has 0 saturated carbocycles. The Labute approximate surface area is 148 Å². The van der Waals surface area contributed by atoms with Gasteiger partial charge in [-0.2, -0.15) is 0 Å². The summed E-state index contributed by atoms with van der Waals surface area (Å²) < 4.78 is 28.5. The minimum atomic E-state index is -1.14. The van der Waals surface area contributed by atoms with E-state index in [1.807, 2.05) is 48.5 Å². The van der Waals surface area contributed by atoms with Gasteiger partial charge >= 0.3 is 5.97 Å². The molecular formula is C19H18O5S. The standard InChI is InChI=1S/C19H18O5S/c20-19-16(8-13-6-7-17-18(9-13)24-12-23-17)14(10-22-19)11-25(21)15-4-2-1-3-5-15/h1-7,9,14,16H,8,10-12H2/t14-,16-,25?/m0/s1. The van der Waals surface area contributed by atoms with Crippen molar-refractivity contribution < 1.29 is 23.2 Å². The number of benzene rings is 2. The minimum absolute atomic E-state index is 0.0565. The summed E-state index contributed by atoms with van der Waals surface area (Å²) in [7, 11) is -1.14. The first kappa shape index (κ1) is 16.1. The van der Waals surface area contributed by atoms with Crippen LogP contribution >= 0.6 is 0 Å². The molecule has 0 bridgehead atoms. The Hall–Kier alpha value is -2.34. The average Bonchev–Trinajstić information content (AvgIpc) is 3.23. The number of cyclic esters (lactones) is 1. The van der Waals surface area contributed by atoms with E-state index in [0.29, 0.717) is 24.5 Å². The first-order chi connectivity index (χ1) is 12.2. The molecule has 5 nitrogen and oxygen atoms in total. The van der Waals surface area contributed by atoms with Gasteiger partial charge in [-0.05, 0) is 36.2 Å². The molecule has 0 N–H and O–H groups in total. The van der Waals surface area contributed by atoms with Crippen LogP contribution in [0.25, 0.3) is 0 Å². The highest BCUT2D eigenvalue weighted by Gasteiger charge is 2.38. The largest absolute Gasteiger partial charge is 0.465 e. The van der Waals surface area contributed by atoms with Crippen molar-refractivity contribution in [3.8, 4) is 11.5 Å². The quantitative estimate of drug-likeness (QED) is 0.769. The van der Waals surface area contributed by atoms with E-state index in [1.54, 1.807) is 0 Å². The fourth-order valence-electron chi connectivity index (χ4n) is 3.20. The highest BCUT2D eigenvalue weighted by atomic mass is 32.2. The monoisotopic (exact) mass is 358 g/mol. The third kappa shape index (κ3) is 3.39. The Morgan fingerprint density at radius 1 is 1.00 bits per heavy atom. The Morgan fingerprint density at radius 2 is 1.80 bits per heavy atom. The number of carbonyl (C=O) groups excluding carboxylic acids is 1. The zero-order chi connectivity index (χ0) is 17.2. The van der Waals surface area contributed by atoms with Crippen molar-refractivity contribution >= 4 is 16.8 Å². The summed E-state index contributed by atoms with van der Waals surface area (Å²) in [6.07, 6.45) is 0.548. The van der Waals surface area contributed by atoms with Gasteiger partial charge in [0.1, 0.15) is 0 Å². The van der Waals surface area contributed by atoms with Crippen LogP contribution < -0.4 is 9.47 Å². The van der Waals surface area contributed by atoms with Crippen LogP contribution in [-0.2, 0) is 26.8 Å². The topological polar surface area (TPSA) is 61.8 Å². The molecule has 2 heterocycles. The van der Waals surface area contributed by atoms with Crippen LogP contribution in [0.4, 0.5) is 0 Å². The van der Waals surface area contributed by atoms with Crippen molar-refractivity contribution in [2.45, 2.75) is 11.3 Å². The minimum Gasteiger partial charge on any atom is -0.465 e. The summed E-state index contributed by atoms with van der Waals surface area (Å²) in [6.45, 7) is 0.551. The van der Waals surface area contributed by atoms with Crippen LogP contribution in [0.3, 0.4) is 0 Å². The maximum Gasteiger partial charge on any atom is 0.309 e. The first-order valence-electron chi connectivity index (χ1n) is 8.19. The van der Waals surface area contributed by atoms with Crippen LogP contribution in [0.1, 0.15) is 5.56 Å². The molecule has 1 saturated heterocycles. The second-order valence-electron chi connectivity index (χ2n) is 6.21. The van der Waals surface area contributed by atoms with Crippen LogP contribution in [0.2, 0.25) is 0 Å². The van der Waals surface area contributed by atoms with Gasteiger partial charge < -0.3 is 14.2 Å². The summed E-state index contributed by atoms with van der Waals surface area (Å²) in [5.41, 5.74) is 0.989. The van der Waals surface area contributed by atoms with E-state index in [1.165, 1.54) is 0 Å². The first-order valence-corrected chi connectivity index (χ1v) is 9.51. The third-order valence-corrected chi connectivity index (χ3v) is 6.10. The number of ether oxygens (including phenoxy) is 3. The van der Waals surface area contributed by atoms with Crippen molar-refractivity contribution in [3.63, 3.8) is 0 Å². The van der Waals surface area contributed by atoms with Gasteiger partial charge in [0.25, 0.3) is 0 Å². The van der Waals surface area contributed by atoms with Crippen LogP contribution in [-0.4, -0.2) is 29.3 Å². The zero-order valence-corrected chi connectivity index (χ0v) is 14.4. The van der Waals surface area contributed by atoms with E-state index in [4.69, 9.17) is 14.2 Å². The van der Waals surface area contributed by atoms with E-state index in [0.717, 1.165) is 16.2 Å². The Kier molecular flexibility index (Phi) is 4.44. The molecule has 2 aliphatic rings. The van der Waals surface area contributed by atoms with E-state index in [9.17, 15) is 9.00 Å². The van der Waals surface area contributed by atoms with E-state index in [2.05, 4.69) is 0 Å². The van der Waals surface area contributed by atoms with Crippen LogP contribution in [0, 0.1) is 11.8 Å². The predicted octanol–water partition coefficient (Wildman–Crippen LogP) is 2.55. The van der Waals surface area contributed by atoms with Gasteiger partial charge in [-0.1, -0.05) is 24.3 Å². The molecule has 0 radical (unpaired) electrons. The number of fused-ring (bicyclic) bond motifs is 1. The lowest BCUT2D eigenvalue weighted by atomic mass is 9.90. The fourth-order valence-corrected chi connectivity index (χ4v) is 4.57. The maximum atomic E-state index is 12.6. The molecule has 0 amide bonds. The molecular weight excluding hydrogens is 340 g/mol. The highest BCUT2D eigenvalue weighted by Crippen LogP contribution is 2.35. The second-order valence-corrected chi connectivity index (χ2v) is 7.71. The third-order valence-electron chi connectivity index (χ3n) is 4.58. The van der Waals surface area contributed by atoms with Crippen molar-refractivity contribution in [1.82, 2.24) is 0 Å². The molecule has 2 aromatic rings. The fraction of sp³-hybridized carbons (Fsp3) is 0.316. The molecule has 0 aliphatic carbocycles. The van der Waals surface area contributed by atoms with Gasteiger partial charge in [-0.3, -0.25) is 9.00 Å². The normalized spacial score (nSPS) is 22.6. The maximum absolute atomic E-state index is 12.6. The molecule has 2 aromatic carbocycles. The Morgan fingerprint density at radius 3 is 2.64 bits per heavy atom. The summed E-state index contributed by atoms with van der Waals surface area (Å²) >= 11 is 0.